The summed E-state index contributed by atoms with van der Waals surface area (Å²) in [5, 5.41) is 0. The third kappa shape index (κ3) is 1.21. The number of hydrogen-bond donors (Lipinski definition) is 0. The summed E-state index contributed by atoms with van der Waals surface area (Å²) in [6.07, 6.45) is -4.05. The van der Waals surface area contributed by atoms with Crippen molar-refractivity contribution >= 4 is 11.9 Å². The molecule has 2 rings (SSSR count). The van der Waals surface area contributed by atoms with Crippen molar-refractivity contribution in [2.24, 2.45) is 10.8 Å². The fraction of sp³-hybridized carbons (Fsp3) is 0.818. The molecule has 0 aromatic heterocycles. The van der Waals surface area contributed by atoms with Crippen LogP contribution in [-0.4, -0.2) is 30.1 Å². The van der Waals surface area contributed by atoms with Gasteiger partial charge in [-0.05, 0) is 27.7 Å². The molecule has 6 heteroatoms. The average Bonchev–Trinajstić information content (AvgIpc) is 2.49. The predicted molar refractivity (Wildman–Crippen MR) is 52.3 cm³/mol. The van der Waals surface area contributed by atoms with E-state index < -0.39 is 40.9 Å². The van der Waals surface area contributed by atoms with Gasteiger partial charge in [0.15, 0.2) is 12.3 Å². The highest BCUT2D eigenvalue weighted by Crippen LogP contribution is 2.54. The van der Waals surface area contributed by atoms with Crippen LogP contribution in [0.4, 0.5) is 8.78 Å². The van der Waals surface area contributed by atoms with E-state index in [1.807, 2.05) is 0 Å². The van der Waals surface area contributed by atoms with E-state index in [0.29, 0.717) is 0 Å². The van der Waals surface area contributed by atoms with Gasteiger partial charge in [-0.25, -0.2) is 8.78 Å². The molecule has 2 aliphatic heterocycles. The molecular weight excluding hydrogens is 234 g/mol. The molecule has 0 aromatic rings. The molecule has 2 heterocycles. The molecule has 2 unspecified atom stereocenters. The van der Waals surface area contributed by atoms with Crippen molar-refractivity contribution in [3.8, 4) is 0 Å². The molecule has 0 radical (unpaired) electrons. The van der Waals surface area contributed by atoms with E-state index in [-0.39, 0.29) is 0 Å². The molecule has 0 aromatic carbocycles. The van der Waals surface area contributed by atoms with E-state index in [9.17, 15) is 18.4 Å². The monoisotopic (exact) mass is 248 g/mol. The molecule has 0 amide bonds. The normalized spacial score (nSPS) is 42.7. The molecular formula is C11H14F2O4. The van der Waals surface area contributed by atoms with E-state index in [0.717, 1.165) is 0 Å². The largest absolute Gasteiger partial charge is 0.416 e. The fourth-order valence-corrected chi connectivity index (χ4v) is 2.12. The molecule has 0 saturated carbocycles. The summed E-state index contributed by atoms with van der Waals surface area (Å²) in [5.74, 6) is -4.22. The van der Waals surface area contributed by atoms with E-state index in [1.54, 1.807) is 0 Å². The van der Waals surface area contributed by atoms with Gasteiger partial charge in [0.25, 0.3) is 0 Å². The summed E-state index contributed by atoms with van der Waals surface area (Å²) in [6, 6.07) is 0. The first kappa shape index (κ1) is 12.3. The molecule has 2 atom stereocenters. The topological polar surface area (TPSA) is 52.6 Å². The fourth-order valence-electron chi connectivity index (χ4n) is 2.12. The lowest BCUT2D eigenvalue weighted by molar-refractivity contribution is -0.227. The summed E-state index contributed by atoms with van der Waals surface area (Å²) < 4.78 is 37.9. The van der Waals surface area contributed by atoms with Crippen LogP contribution in [0.2, 0.25) is 0 Å². The highest BCUT2D eigenvalue weighted by molar-refractivity contribution is 5.85. The first-order chi connectivity index (χ1) is 7.57. The number of carbonyl (C=O) groups is 2. The van der Waals surface area contributed by atoms with Crippen LogP contribution in [0.3, 0.4) is 0 Å². The Labute approximate surface area is 97.3 Å². The quantitative estimate of drug-likeness (QED) is 0.610. The van der Waals surface area contributed by atoms with Crippen molar-refractivity contribution in [1.29, 1.82) is 0 Å². The molecule has 2 fully saturated rings. The van der Waals surface area contributed by atoms with E-state index >= 15 is 0 Å². The van der Waals surface area contributed by atoms with Crippen LogP contribution in [0.5, 0.6) is 0 Å². The van der Waals surface area contributed by atoms with Gasteiger partial charge in [-0.15, -0.1) is 0 Å². The zero-order valence-electron chi connectivity index (χ0n) is 10.0. The highest BCUT2D eigenvalue weighted by Gasteiger charge is 2.75. The van der Waals surface area contributed by atoms with Crippen LogP contribution in [0.15, 0.2) is 0 Å². The van der Waals surface area contributed by atoms with Gasteiger partial charge < -0.3 is 9.47 Å². The second kappa shape index (κ2) is 2.97. The molecule has 0 N–H and O–H groups in total. The Morgan fingerprint density at radius 1 is 0.882 bits per heavy atom. The standard InChI is InChI=1S/C11H14F2O4/c1-9(2)5(12)11(16-7(9)14)6(13)10(3,4)8(15)17-11/h5-6H,1-4H3. The van der Waals surface area contributed by atoms with Gasteiger partial charge in [0.1, 0.15) is 10.8 Å². The minimum absolute atomic E-state index is 0.904. The Morgan fingerprint density at radius 2 is 1.18 bits per heavy atom. The number of carbonyl (C=O) groups excluding carboxylic acids is 2. The molecule has 17 heavy (non-hydrogen) atoms. The lowest BCUT2D eigenvalue weighted by Gasteiger charge is -2.28. The summed E-state index contributed by atoms with van der Waals surface area (Å²) in [4.78, 5) is 23.0. The molecule has 2 aliphatic rings. The zero-order chi connectivity index (χ0) is 13.2. The number of alkyl halides is 2. The van der Waals surface area contributed by atoms with Crippen LogP contribution in [0.25, 0.3) is 0 Å². The van der Waals surface area contributed by atoms with Gasteiger partial charge in [0.05, 0.1) is 0 Å². The second-order valence-corrected chi connectivity index (χ2v) is 5.67. The average molecular weight is 248 g/mol. The summed E-state index contributed by atoms with van der Waals surface area (Å²) in [6.45, 7) is 5.17. The predicted octanol–water partition coefficient (Wildman–Crippen LogP) is 1.52. The maximum atomic E-state index is 14.2. The maximum absolute atomic E-state index is 14.2. The molecule has 4 nitrogen and oxygen atoms in total. The van der Waals surface area contributed by atoms with Crippen molar-refractivity contribution in [1.82, 2.24) is 0 Å². The number of esters is 2. The molecule has 96 valence electrons. The van der Waals surface area contributed by atoms with Crippen molar-refractivity contribution in [3.63, 3.8) is 0 Å². The minimum atomic E-state index is -2.42. The SMILES string of the molecule is CC1(C)C(=O)OC2(OC(=O)C(C)(C)C2F)C1F. The maximum Gasteiger partial charge on any atom is 0.321 e. The van der Waals surface area contributed by atoms with E-state index in [4.69, 9.17) is 9.47 Å². The Bertz CT molecular complexity index is 364. The lowest BCUT2D eigenvalue weighted by Crippen LogP contribution is -2.49. The zero-order valence-corrected chi connectivity index (χ0v) is 10.0. The Hall–Kier alpha value is -1.20. The van der Waals surface area contributed by atoms with Crippen LogP contribution in [0, 0.1) is 10.8 Å². The molecule has 1 spiro atoms. The Morgan fingerprint density at radius 3 is 1.35 bits per heavy atom. The third-order valence-electron chi connectivity index (χ3n) is 3.53. The van der Waals surface area contributed by atoms with Crippen molar-refractivity contribution in [2.75, 3.05) is 0 Å². The van der Waals surface area contributed by atoms with Gasteiger partial charge in [-0.3, -0.25) is 9.59 Å². The number of halogens is 2. The molecule has 0 bridgehead atoms. The van der Waals surface area contributed by atoms with Gasteiger partial charge in [0, 0.05) is 0 Å². The summed E-state index contributed by atoms with van der Waals surface area (Å²) in [5.41, 5.74) is -3.05. The minimum Gasteiger partial charge on any atom is -0.416 e. The number of rotatable bonds is 0. The van der Waals surface area contributed by atoms with E-state index in [1.165, 1.54) is 27.7 Å². The third-order valence-corrected chi connectivity index (χ3v) is 3.53. The summed E-state index contributed by atoms with van der Waals surface area (Å²) in [7, 11) is 0. The van der Waals surface area contributed by atoms with Crippen molar-refractivity contribution in [2.45, 2.75) is 45.8 Å². The van der Waals surface area contributed by atoms with Gasteiger partial charge in [0.2, 0.25) is 0 Å². The first-order valence-corrected chi connectivity index (χ1v) is 5.32. The van der Waals surface area contributed by atoms with Crippen LogP contribution in [0.1, 0.15) is 27.7 Å². The summed E-state index contributed by atoms with van der Waals surface area (Å²) >= 11 is 0. The Balaban J connectivity index is 2.48. The number of ether oxygens (including phenoxy) is 2. The smallest absolute Gasteiger partial charge is 0.321 e. The highest BCUT2D eigenvalue weighted by atomic mass is 19.1. The Kier molecular flexibility index (Phi) is 2.14. The van der Waals surface area contributed by atoms with Crippen molar-refractivity contribution < 1.29 is 27.8 Å². The van der Waals surface area contributed by atoms with Crippen LogP contribution < -0.4 is 0 Å². The van der Waals surface area contributed by atoms with Crippen LogP contribution in [-0.2, 0) is 19.1 Å². The molecule has 2 saturated heterocycles. The van der Waals surface area contributed by atoms with Gasteiger partial charge in [-0.1, -0.05) is 0 Å². The number of hydrogen-bond acceptors (Lipinski definition) is 4. The van der Waals surface area contributed by atoms with Gasteiger partial charge in [-0.2, -0.15) is 0 Å². The molecule has 0 aliphatic carbocycles. The van der Waals surface area contributed by atoms with E-state index in [2.05, 4.69) is 0 Å². The first-order valence-electron chi connectivity index (χ1n) is 5.32. The second-order valence-electron chi connectivity index (χ2n) is 5.67. The lowest BCUT2D eigenvalue weighted by atomic mass is 9.80. The van der Waals surface area contributed by atoms with Gasteiger partial charge >= 0.3 is 17.7 Å². The van der Waals surface area contributed by atoms with Crippen molar-refractivity contribution in [3.05, 3.63) is 0 Å². The van der Waals surface area contributed by atoms with Crippen LogP contribution >= 0.6 is 0 Å².